The smallest absolute Gasteiger partial charge is 0.303 e. The van der Waals surface area contributed by atoms with E-state index in [0.717, 1.165) is 5.56 Å². The van der Waals surface area contributed by atoms with Crippen molar-refractivity contribution in [3.05, 3.63) is 83.9 Å². The van der Waals surface area contributed by atoms with E-state index in [1.165, 1.54) is 13.8 Å². The van der Waals surface area contributed by atoms with Gasteiger partial charge in [0.2, 0.25) is 6.10 Å². The highest BCUT2D eigenvalue weighted by molar-refractivity contribution is 5.85. The predicted molar refractivity (Wildman–Crippen MR) is 117 cm³/mol. The standard InChI is InChI=1S/C25H27NO6/c1-17(27)31-23-14-13-22(21(23)16-30-15-19-9-5-3-6-10-19)26-25(29)24(32-18(2)28)20-11-7-4-8-12-20/h3-14,21-24H,15-16H2,1-2H3,(H,26,29)/t21-,22+,23-,24-/m0/s1. The maximum Gasteiger partial charge on any atom is 0.303 e. The molecule has 7 heteroatoms. The highest BCUT2D eigenvalue weighted by Crippen LogP contribution is 2.26. The summed E-state index contributed by atoms with van der Waals surface area (Å²) in [5.74, 6) is -1.75. The van der Waals surface area contributed by atoms with E-state index in [9.17, 15) is 14.4 Å². The van der Waals surface area contributed by atoms with Crippen LogP contribution >= 0.6 is 0 Å². The number of esters is 2. The molecule has 32 heavy (non-hydrogen) atoms. The average molecular weight is 437 g/mol. The van der Waals surface area contributed by atoms with Crippen molar-refractivity contribution in [3.63, 3.8) is 0 Å². The SMILES string of the molecule is CC(=O)O[C@H](C(=O)N[C@@H]1C=C[C@H](OC(C)=O)[C@H]1COCc1ccccc1)c1ccccc1. The maximum atomic E-state index is 13.0. The number of nitrogens with one attached hydrogen (secondary N) is 1. The molecule has 4 atom stereocenters. The van der Waals surface area contributed by atoms with Gasteiger partial charge in [-0.05, 0) is 11.6 Å². The van der Waals surface area contributed by atoms with Crippen molar-refractivity contribution in [1.29, 1.82) is 0 Å². The van der Waals surface area contributed by atoms with Crippen LogP contribution in [0.15, 0.2) is 72.8 Å². The van der Waals surface area contributed by atoms with E-state index in [2.05, 4.69) is 5.32 Å². The molecular formula is C25H27NO6. The monoisotopic (exact) mass is 437 g/mol. The summed E-state index contributed by atoms with van der Waals surface area (Å²) in [6, 6.07) is 18.0. The Labute approximate surface area is 187 Å². The Morgan fingerprint density at radius 2 is 1.56 bits per heavy atom. The van der Waals surface area contributed by atoms with Gasteiger partial charge in [0.05, 0.1) is 19.3 Å². The lowest BCUT2D eigenvalue weighted by atomic mass is 10.00. The second-order valence-corrected chi connectivity index (χ2v) is 7.56. The normalized spacial score (nSPS) is 20.4. The summed E-state index contributed by atoms with van der Waals surface area (Å²) in [5, 5.41) is 2.91. The fraction of sp³-hybridized carbons (Fsp3) is 0.320. The van der Waals surface area contributed by atoms with E-state index in [4.69, 9.17) is 14.2 Å². The summed E-state index contributed by atoms with van der Waals surface area (Å²) >= 11 is 0. The topological polar surface area (TPSA) is 90.9 Å². The Hall–Kier alpha value is -3.45. The van der Waals surface area contributed by atoms with Crippen molar-refractivity contribution < 1.29 is 28.6 Å². The van der Waals surface area contributed by atoms with E-state index in [1.807, 2.05) is 36.4 Å². The van der Waals surface area contributed by atoms with Gasteiger partial charge in [-0.1, -0.05) is 66.7 Å². The van der Waals surface area contributed by atoms with Gasteiger partial charge in [-0.3, -0.25) is 14.4 Å². The minimum Gasteiger partial charge on any atom is -0.458 e. The van der Waals surface area contributed by atoms with E-state index in [-0.39, 0.29) is 12.5 Å². The van der Waals surface area contributed by atoms with Crippen LogP contribution in [0.5, 0.6) is 0 Å². The first-order valence-electron chi connectivity index (χ1n) is 10.4. The number of amides is 1. The zero-order valence-corrected chi connectivity index (χ0v) is 18.1. The second kappa shape index (κ2) is 11.2. The van der Waals surface area contributed by atoms with Crippen molar-refractivity contribution in [1.82, 2.24) is 5.32 Å². The Morgan fingerprint density at radius 3 is 2.19 bits per heavy atom. The van der Waals surface area contributed by atoms with Crippen LogP contribution in [0.3, 0.4) is 0 Å². The minimum absolute atomic E-state index is 0.258. The lowest BCUT2D eigenvalue weighted by molar-refractivity contribution is -0.155. The molecular weight excluding hydrogens is 410 g/mol. The number of rotatable bonds is 9. The van der Waals surface area contributed by atoms with E-state index in [1.54, 1.807) is 36.4 Å². The van der Waals surface area contributed by atoms with Crippen molar-refractivity contribution in [3.8, 4) is 0 Å². The molecule has 0 fully saturated rings. The van der Waals surface area contributed by atoms with Gasteiger partial charge < -0.3 is 19.5 Å². The Kier molecular flexibility index (Phi) is 8.16. The lowest BCUT2D eigenvalue weighted by Gasteiger charge is -2.27. The molecule has 3 rings (SSSR count). The third-order valence-electron chi connectivity index (χ3n) is 5.05. The predicted octanol–water partition coefficient (Wildman–Crippen LogP) is 3.11. The molecule has 168 valence electrons. The Balaban J connectivity index is 1.69. The van der Waals surface area contributed by atoms with Gasteiger partial charge in [-0.2, -0.15) is 0 Å². The van der Waals surface area contributed by atoms with Crippen molar-refractivity contribution in [2.75, 3.05) is 6.61 Å². The van der Waals surface area contributed by atoms with Crippen molar-refractivity contribution in [2.45, 2.75) is 38.7 Å². The Morgan fingerprint density at radius 1 is 0.906 bits per heavy atom. The molecule has 0 unspecified atom stereocenters. The summed E-state index contributed by atoms with van der Waals surface area (Å²) < 4.78 is 16.6. The van der Waals surface area contributed by atoms with Crippen LogP contribution < -0.4 is 5.32 Å². The van der Waals surface area contributed by atoms with E-state index >= 15 is 0 Å². The highest BCUT2D eigenvalue weighted by Gasteiger charge is 2.37. The number of benzene rings is 2. The summed E-state index contributed by atoms with van der Waals surface area (Å²) in [4.78, 5) is 36.2. The molecule has 1 amide bonds. The van der Waals surface area contributed by atoms with Crippen LogP contribution in [-0.4, -0.2) is 36.6 Å². The van der Waals surface area contributed by atoms with Crippen LogP contribution in [0.25, 0.3) is 0 Å². The third-order valence-corrected chi connectivity index (χ3v) is 5.05. The van der Waals surface area contributed by atoms with Crippen LogP contribution in [0.1, 0.15) is 31.1 Å². The Bertz CT molecular complexity index is 943. The number of ether oxygens (including phenoxy) is 3. The van der Waals surface area contributed by atoms with Crippen LogP contribution in [0.2, 0.25) is 0 Å². The van der Waals surface area contributed by atoms with Crippen molar-refractivity contribution >= 4 is 17.8 Å². The molecule has 0 aromatic heterocycles. The number of hydrogen-bond donors (Lipinski definition) is 1. The fourth-order valence-electron chi connectivity index (χ4n) is 3.58. The van der Waals surface area contributed by atoms with Gasteiger partial charge in [-0.25, -0.2) is 0 Å². The highest BCUT2D eigenvalue weighted by atomic mass is 16.6. The molecule has 0 aliphatic heterocycles. The van der Waals surface area contributed by atoms with Gasteiger partial charge >= 0.3 is 11.9 Å². The van der Waals surface area contributed by atoms with Gasteiger partial charge in [0, 0.05) is 25.3 Å². The molecule has 0 saturated heterocycles. The number of carbonyl (C=O) groups excluding carboxylic acids is 3. The van der Waals surface area contributed by atoms with E-state index < -0.39 is 36.1 Å². The van der Waals surface area contributed by atoms with Gasteiger partial charge in [-0.15, -0.1) is 0 Å². The summed E-state index contributed by atoms with van der Waals surface area (Å²) in [7, 11) is 0. The quantitative estimate of drug-likeness (QED) is 0.479. The molecule has 1 N–H and O–H groups in total. The van der Waals surface area contributed by atoms with Crippen LogP contribution in [-0.2, 0) is 35.2 Å². The molecule has 2 aromatic rings. The fourth-order valence-corrected chi connectivity index (χ4v) is 3.58. The molecule has 0 bridgehead atoms. The average Bonchev–Trinajstić information content (AvgIpc) is 3.13. The zero-order chi connectivity index (χ0) is 22.9. The largest absolute Gasteiger partial charge is 0.458 e. The number of carbonyl (C=O) groups is 3. The van der Waals surface area contributed by atoms with Gasteiger partial charge in [0.15, 0.2) is 0 Å². The molecule has 0 radical (unpaired) electrons. The first-order valence-corrected chi connectivity index (χ1v) is 10.4. The molecule has 0 heterocycles. The molecule has 0 spiro atoms. The number of hydrogen-bond acceptors (Lipinski definition) is 6. The van der Waals surface area contributed by atoms with E-state index in [0.29, 0.717) is 12.2 Å². The third kappa shape index (κ3) is 6.52. The first kappa shape index (κ1) is 23.2. The summed E-state index contributed by atoms with van der Waals surface area (Å²) in [5.41, 5.74) is 1.58. The molecule has 1 aliphatic carbocycles. The van der Waals surface area contributed by atoms with Crippen LogP contribution in [0, 0.1) is 5.92 Å². The molecule has 0 saturated carbocycles. The van der Waals surface area contributed by atoms with Crippen LogP contribution in [0.4, 0.5) is 0 Å². The maximum absolute atomic E-state index is 13.0. The second-order valence-electron chi connectivity index (χ2n) is 7.56. The minimum atomic E-state index is -1.08. The van der Waals surface area contributed by atoms with Gasteiger partial charge in [0.25, 0.3) is 5.91 Å². The molecule has 7 nitrogen and oxygen atoms in total. The van der Waals surface area contributed by atoms with Crippen molar-refractivity contribution in [2.24, 2.45) is 5.92 Å². The first-order chi connectivity index (χ1) is 15.4. The summed E-state index contributed by atoms with van der Waals surface area (Å²) in [6.45, 7) is 3.25. The molecule has 2 aromatic carbocycles. The lowest BCUT2D eigenvalue weighted by Crippen LogP contribution is -2.45. The zero-order valence-electron chi connectivity index (χ0n) is 18.1. The summed E-state index contributed by atoms with van der Waals surface area (Å²) in [6.07, 6.45) is 1.91. The molecule has 1 aliphatic rings. The van der Waals surface area contributed by atoms with Gasteiger partial charge in [0.1, 0.15) is 6.10 Å².